The third kappa shape index (κ3) is 2.33. The third-order valence-electron chi connectivity index (χ3n) is 3.37. The number of nitrogens with zero attached hydrogens (tertiary/aromatic N) is 4. The number of anilines is 2. The van der Waals surface area contributed by atoms with Gasteiger partial charge < -0.3 is 5.32 Å². The van der Waals surface area contributed by atoms with Gasteiger partial charge in [0.25, 0.3) is 0 Å². The topological polar surface area (TPSA) is 55.6 Å². The number of nitrogens with one attached hydrogen (secondary N) is 1. The molecule has 0 saturated heterocycles. The molecule has 0 radical (unpaired) electrons. The zero-order valence-corrected chi connectivity index (χ0v) is 12.7. The van der Waals surface area contributed by atoms with Crippen LogP contribution in [0.2, 0.25) is 0 Å². The Balaban J connectivity index is 1.63. The van der Waals surface area contributed by atoms with E-state index in [9.17, 15) is 0 Å². The summed E-state index contributed by atoms with van der Waals surface area (Å²) in [4.78, 5) is 8.62. The van der Waals surface area contributed by atoms with Crippen LogP contribution in [-0.4, -0.2) is 19.7 Å². The molecule has 0 bridgehead atoms. The SMILES string of the molecule is Cc1cccc2nc(Nc3cnn(-c4ccncc4)c3)sc12. The molecule has 0 amide bonds. The van der Waals surface area contributed by atoms with Gasteiger partial charge in [0.15, 0.2) is 5.13 Å². The Morgan fingerprint density at radius 1 is 1.14 bits per heavy atom. The second-order valence-corrected chi connectivity index (χ2v) is 5.95. The molecule has 0 atom stereocenters. The molecule has 0 spiro atoms. The predicted octanol–water partition coefficient (Wildman–Crippen LogP) is 3.93. The van der Waals surface area contributed by atoms with E-state index in [0.717, 1.165) is 22.0 Å². The van der Waals surface area contributed by atoms with Gasteiger partial charge in [0.2, 0.25) is 0 Å². The number of benzene rings is 1. The molecular weight excluding hydrogens is 294 g/mol. The van der Waals surface area contributed by atoms with Crippen LogP contribution in [0.4, 0.5) is 10.8 Å². The number of thiazole rings is 1. The number of hydrogen-bond donors (Lipinski definition) is 1. The van der Waals surface area contributed by atoms with Gasteiger partial charge in [-0.2, -0.15) is 5.10 Å². The highest BCUT2D eigenvalue weighted by atomic mass is 32.1. The number of aromatic nitrogens is 4. The minimum Gasteiger partial charge on any atom is -0.329 e. The smallest absolute Gasteiger partial charge is 0.188 e. The van der Waals surface area contributed by atoms with Crippen LogP contribution in [0, 0.1) is 6.92 Å². The molecule has 0 aliphatic carbocycles. The molecule has 0 unspecified atom stereocenters. The van der Waals surface area contributed by atoms with Crippen LogP contribution in [0.25, 0.3) is 15.9 Å². The van der Waals surface area contributed by atoms with Crippen LogP contribution in [0.3, 0.4) is 0 Å². The van der Waals surface area contributed by atoms with Crippen molar-refractivity contribution in [3.8, 4) is 5.69 Å². The molecule has 0 fully saturated rings. The van der Waals surface area contributed by atoms with Gasteiger partial charge in [-0.15, -0.1) is 0 Å². The highest BCUT2D eigenvalue weighted by molar-refractivity contribution is 7.22. The van der Waals surface area contributed by atoms with Gasteiger partial charge in [-0.05, 0) is 30.7 Å². The summed E-state index contributed by atoms with van der Waals surface area (Å²) < 4.78 is 3.02. The molecule has 3 heterocycles. The molecule has 22 heavy (non-hydrogen) atoms. The summed E-state index contributed by atoms with van der Waals surface area (Å²) in [7, 11) is 0. The van der Waals surface area contributed by atoms with E-state index in [4.69, 9.17) is 0 Å². The van der Waals surface area contributed by atoms with Crippen molar-refractivity contribution in [1.82, 2.24) is 19.7 Å². The van der Waals surface area contributed by atoms with Crippen molar-refractivity contribution in [3.05, 3.63) is 60.7 Å². The quantitative estimate of drug-likeness (QED) is 0.623. The van der Waals surface area contributed by atoms with Crippen molar-refractivity contribution < 1.29 is 0 Å². The van der Waals surface area contributed by atoms with E-state index in [1.54, 1.807) is 29.9 Å². The Morgan fingerprint density at radius 2 is 2.00 bits per heavy atom. The lowest BCUT2D eigenvalue weighted by Crippen LogP contribution is -1.93. The third-order valence-corrected chi connectivity index (χ3v) is 4.49. The summed E-state index contributed by atoms with van der Waals surface area (Å²) in [5.74, 6) is 0. The Morgan fingerprint density at radius 3 is 2.82 bits per heavy atom. The van der Waals surface area contributed by atoms with E-state index >= 15 is 0 Å². The first-order chi connectivity index (χ1) is 10.8. The van der Waals surface area contributed by atoms with Crippen molar-refractivity contribution in [2.45, 2.75) is 6.92 Å². The summed E-state index contributed by atoms with van der Waals surface area (Å²) in [6, 6.07) is 9.99. The fraction of sp³-hybridized carbons (Fsp3) is 0.0625. The van der Waals surface area contributed by atoms with Gasteiger partial charge in [0, 0.05) is 12.4 Å². The maximum absolute atomic E-state index is 4.61. The molecular formula is C16H13N5S. The lowest BCUT2D eigenvalue weighted by Gasteiger charge is -1.99. The molecule has 0 saturated carbocycles. The van der Waals surface area contributed by atoms with Crippen LogP contribution in [0.1, 0.15) is 5.56 Å². The average molecular weight is 307 g/mol. The maximum atomic E-state index is 4.61. The molecule has 3 aromatic heterocycles. The number of fused-ring (bicyclic) bond motifs is 1. The Kier molecular flexibility index (Phi) is 3.08. The predicted molar refractivity (Wildman–Crippen MR) is 89.0 cm³/mol. The molecule has 0 aliphatic rings. The second kappa shape index (κ2) is 5.23. The van der Waals surface area contributed by atoms with Crippen molar-refractivity contribution in [2.24, 2.45) is 0 Å². The zero-order valence-electron chi connectivity index (χ0n) is 11.9. The molecule has 1 aromatic carbocycles. The monoisotopic (exact) mass is 307 g/mol. The van der Waals surface area contributed by atoms with Crippen LogP contribution < -0.4 is 5.32 Å². The van der Waals surface area contributed by atoms with Crippen molar-refractivity contribution in [2.75, 3.05) is 5.32 Å². The number of aryl methyl sites for hydroxylation is 1. The van der Waals surface area contributed by atoms with Gasteiger partial charge in [0.1, 0.15) is 0 Å². The van der Waals surface area contributed by atoms with Gasteiger partial charge in [0.05, 0.1) is 34.0 Å². The number of rotatable bonds is 3. The van der Waals surface area contributed by atoms with Crippen LogP contribution >= 0.6 is 11.3 Å². The van der Waals surface area contributed by atoms with Gasteiger partial charge >= 0.3 is 0 Å². The first-order valence-electron chi connectivity index (χ1n) is 6.88. The Labute approximate surface area is 131 Å². The van der Waals surface area contributed by atoms with Crippen molar-refractivity contribution >= 4 is 32.4 Å². The summed E-state index contributed by atoms with van der Waals surface area (Å²) in [5.41, 5.74) is 4.15. The van der Waals surface area contributed by atoms with E-state index in [2.05, 4.69) is 33.4 Å². The Bertz CT molecular complexity index is 926. The normalized spacial score (nSPS) is 11.0. The molecule has 108 valence electrons. The average Bonchev–Trinajstić information content (AvgIpc) is 3.16. The highest BCUT2D eigenvalue weighted by Crippen LogP contribution is 2.30. The first-order valence-corrected chi connectivity index (χ1v) is 7.69. The van der Waals surface area contributed by atoms with Gasteiger partial charge in [-0.3, -0.25) is 4.98 Å². The van der Waals surface area contributed by atoms with E-state index in [0.29, 0.717) is 0 Å². The molecule has 5 nitrogen and oxygen atoms in total. The molecule has 0 aliphatic heterocycles. The van der Waals surface area contributed by atoms with Crippen molar-refractivity contribution in [3.63, 3.8) is 0 Å². The fourth-order valence-corrected chi connectivity index (χ4v) is 3.24. The Hall–Kier alpha value is -2.73. The van der Waals surface area contributed by atoms with E-state index in [1.165, 1.54) is 10.3 Å². The van der Waals surface area contributed by atoms with Crippen LogP contribution in [0.5, 0.6) is 0 Å². The number of pyridine rings is 1. The van der Waals surface area contributed by atoms with Crippen LogP contribution in [0.15, 0.2) is 55.1 Å². The standard InChI is InChI=1S/C16H13N5S/c1-11-3-2-4-14-15(11)22-16(20-14)19-12-9-18-21(10-12)13-5-7-17-8-6-13/h2-10H,1H3,(H,19,20). The number of hydrogen-bond acceptors (Lipinski definition) is 5. The summed E-state index contributed by atoms with van der Waals surface area (Å²) in [5, 5.41) is 8.55. The summed E-state index contributed by atoms with van der Waals surface area (Å²) in [6.07, 6.45) is 7.23. The van der Waals surface area contributed by atoms with E-state index in [-0.39, 0.29) is 0 Å². The van der Waals surface area contributed by atoms with Gasteiger partial charge in [-0.25, -0.2) is 9.67 Å². The molecule has 6 heteroatoms. The fourth-order valence-electron chi connectivity index (χ4n) is 2.29. The maximum Gasteiger partial charge on any atom is 0.188 e. The van der Waals surface area contributed by atoms with Crippen LogP contribution in [-0.2, 0) is 0 Å². The summed E-state index contributed by atoms with van der Waals surface area (Å²) >= 11 is 1.65. The van der Waals surface area contributed by atoms with E-state index < -0.39 is 0 Å². The minimum absolute atomic E-state index is 0.874. The lowest BCUT2D eigenvalue weighted by atomic mass is 10.2. The molecule has 4 aromatic rings. The minimum atomic E-state index is 0.874. The molecule has 1 N–H and O–H groups in total. The van der Waals surface area contributed by atoms with Crippen molar-refractivity contribution in [1.29, 1.82) is 0 Å². The van der Waals surface area contributed by atoms with E-state index in [1.807, 2.05) is 35.1 Å². The van der Waals surface area contributed by atoms with Gasteiger partial charge in [-0.1, -0.05) is 23.5 Å². The summed E-state index contributed by atoms with van der Waals surface area (Å²) in [6.45, 7) is 2.10. The lowest BCUT2D eigenvalue weighted by molar-refractivity contribution is 0.878. The molecule has 4 rings (SSSR count). The second-order valence-electron chi connectivity index (χ2n) is 4.95. The zero-order chi connectivity index (χ0) is 14.9. The first kappa shape index (κ1) is 13.0. The highest BCUT2D eigenvalue weighted by Gasteiger charge is 2.07. The largest absolute Gasteiger partial charge is 0.329 e.